The molecular weight excluding hydrogens is 405 g/mol. The van der Waals surface area contributed by atoms with Crippen LogP contribution in [-0.2, 0) is 11.2 Å². The molecule has 3 rings (SSSR count). The molecular formula is C21H16Cl2F2N2O. The number of carbonyl (C=O) groups excluding carboxylic acids is 1. The molecule has 0 aliphatic carbocycles. The Morgan fingerprint density at radius 2 is 1.93 bits per heavy atom. The Morgan fingerprint density at radius 3 is 2.57 bits per heavy atom. The third kappa shape index (κ3) is 4.52. The summed E-state index contributed by atoms with van der Waals surface area (Å²) in [6.45, 7) is 0.336. The number of rotatable bonds is 4. The Morgan fingerprint density at radius 1 is 1.21 bits per heavy atom. The van der Waals surface area contributed by atoms with Crippen molar-refractivity contribution in [3.8, 4) is 6.07 Å². The Kier molecular flexibility index (Phi) is 6.33. The van der Waals surface area contributed by atoms with Crippen molar-refractivity contribution in [3.63, 3.8) is 0 Å². The summed E-state index contributed by atoms with van der Waals surface area (Å²) in [5, 5.41) is 9.24. The molecule has 1 aliphatic heterocycles. The van der Waals surface area contributed by atoms with Crippen LogP contribution in [0.4, 0.5) is 14.5 Å². The van der Waals surface area contributed by atoms with Crippen molar-refractivity contribution >= 4 is 40.9 Å². The Labute approximate surface area is 171 Å². The van der Waals surface area contributed by atoms with Gasteiger partial charge in [0.15, 0.2) is 0 Å². The number of piperidine rings is 1. The van der Waals surface area contributed by atoms with Gasteiger partial charge in [-0.1, -0.05) is 29.3 Å². The van der Waals surface area contributed by atoms with Crippen molar-refractivity contribution in [1.29, 1.82) is 5.26 Å². The molecule has 1 aliphatic rings. The van der Waals surface area contributed by atoms with E-state index in [9.17, 15) is 13.6 Å². The number of hydrogen-bond acceptors (Lipinski definition) is 2. The maximum atomic E-state index is 14.0. The van der Waals surface area contributed by atoms with Gasteiger partial charge in [-0.05, 0) is 54.2 Å². The normalized spacial score (nSPS) is 17.2. The number of nitriles is 1. The van der Waals surface area contributed by atoms with Crippen LogP contribution in [0.25, 0.3) is 6.08 Å². The first-order chi connectivity index (χ1) is 13.4. The summed E-state index contributed by atoms with van der Waals surface area (Å²) in [6, 6.07) is 8.68. The van der Waals surface area contributed by atoms with Crippen LogP contribution in [0.15, 0.2) is 36.4 Å². The van der Waals surface area contributed by atoms with Crippen LogP contribution < -0.4 is 4.90 Å². The number of hydrogen-bond donors (Lipinski definition) is 0. The molecule has 1 amide bonds. The van der Waals surface area contributed by atoms with Crippen LogP contribution in [0.2, 0.25) is 10.0 Å². The molecule has 1 fully saturated rings. The summed E-state index contributed by atoms with van der Waals surface area (Å²) in [4.78, 5) is 14.0. The first kappa shape index (κ1) is 20.3. The standard InChI is InChI=1S/C21H16Cl2F2N2O/c22-17-9-13(2-1-7-26)10-18(23)21(17)27-12-14(3-6-20(27)28)8-15-4-5-16(24)11-19(15)25/h1-2,4-5,9-11,14H,3,6,8,12H2/b2-1+. The molecule has 0 aromatic heterocycles. The first-order valence-corrected chi connectivity index (χ1v) is 9.44. The van der Waals surface area contributed by atoms with Crippen molar-refractivity contribution in [2.45, 2.75) is 19.3 Å². The number of carbonyl (C=O) groups is 1. The second kappa shape index (κ2) is 8.72. The van der Waals surface area contributed by atoms with Crippen molar-refractivity contribution < 1.29 is 13.6 Å². The lowest BCUT2D eigenvalue weighted by atomic mass is 9.90. The zero-order valence-electron chi connectivity index (χ0n) is 14.8. The zero-order chi connectivity index (χ0) is 20.3. The van der Waals surface area contributed by atoms with E-state index < -0.39 is 11.6 Å². The second-order valence-corrected chi connectivity index (χ2v) is 7.46. The van der Waals surface area contributed by atoms with E-state index in [1.54, 1.807) is 18.2 Å². The van der Waals surface area contributed by atoms with Crippen molar-refractivity contribution in [1.82, 2.24) is 0 Å². The monoisotopic (exact) mass is 420 g/mol. The van der Waals surface area contributed by atoms with E-state index >= 15 is 0 Å². The summed E-state index contributed by atoms with van der Waals surface area (Å²) in [7, 11) is 0. The van der Waals surface area contributed by atoms with Crippen molar-refractivity contribution in [2.75, 3.05) is 11.4 Å². The van der Waals surface area contributed by atoms with Gasteiger partial charge >= 0.3 is 0 Å². The molecule has 7 heteroatoms. The summed E-state index contributed by atoms with van der Waals surface area (Å²) in [5.74, 6) is -1.33. The highest BCUT2D eigenvalue weighted by Crippen LogP contribution is 2.38. The molecule has 0 spiro atoms. The molecule has 144 valence electrons. The highest BCUT2D eigenvalue weighted by Gasteiger charge is 2.30. The third-order valence-electron chi connectivity index (χ3n) is 4.69. The van der Waals surface area contributed by atoms with Gasteiger partial charge in [0.2, 0.25) is 5.91 Å². The van der Waals surface area contributed by atoms with Crippen LogP contribution in [-0.4, -0.2) is 12.5 Å². The number of anilines is 1. The SMILES string of the molecule is N#C/C=C/c1cc(Cl)c(N2CC(Cc3ccc(F)cc3F)CCC2=O)c(Cl)c1. The molecule has 28 heavy (non-hydrogen) atoms. The molecule has 1 heterocycles. The third-order valence-corrected chi connectivity index (χ3v) is 5.27. The highest BCUT2D eigenvalue weighted by molar-refractivity contribution is 6.40. The highest BCUT2D eigenvalue weighted by atomic mass is 35.5. The Bertz CT molecular complexity index is 962. The van der Waals surface area contributed by atoms with Gasteiger partial charge in [0, 0.05) is 25.1 Å². The molecule has 1 saturated heterocycles. The lowest BCUT2D eigenvalue weighted by molar-refractivity contribution is -0.120. The molecule has 3 nitrogen and oxygen atoms in total. The average Bonchev–Trinajstić information content (AvgIpc) is 2.64. The second-order valence-electron chi connectivity index (χ2n) is 6.64. The average molecular weight is 421 g/mol. The fourth-order valence-electron chi connectivity index (χ4n) is 3.37. The van der Waals surface area contributed by atoms with Crippen molar-refractivity contribution in [3.05, 3.63) is 69.2 Å². The van der Waals surface area contributed by atoms with E-state index in [2.05, 4.69) is 0 Å². The quantitative estimate of drug-likeness (QED) is 0.587. The van der Waals surface area contributed by atoms with Crippen LogP contribution in [0.5, 0.6) is 0 Å². The van der Waals surface area contributed by atoms with Crippen molar-refractivity contribution in [2.24, 2.45) is 5.92 Å². The summed E-state index contributed by atoms with van der Waals surface area (Å²) >= 11 is 12.7. The minimum atomic E-state index is -0.620. The van der Waals surface area contributed by atoms with Crippen LogP contribution in [0, 0.1) is 28.9 Å². The minimum absolute atomic E-state index is 0.0112. The smallest absolute Gasteiger partial charge is 0.227 e. The van der Waals surface area contributed by atoms with E-state index in [4.69, 9.17) is 28.5 Å². The fourth-order valence-corrected chi connectivity index (χ4v) is 4.08. The largest absolute Gasteiger partial charge is 0.309 e. The minimum Gasteiger partial charge on any atom is -0.309 e. The van der Waals surface area contributed by atoms with Gasteiger partial charge in [-0.15, -0.1) is 0 Å². The molecule has 0 N–H and O–H groups in total. The number of nitrogens with zero attached hydrogens (tertiary/aromatic N) is 2. The molecule has 0 radical (unpaired) electrons. The zero-order valence-corrected chi connectivity index (χ0v) is 16.3. The van der Waals surface area contributed by atoms with Gasteiger partial charge in [0.05, 0.1) is 21.8 Å². The lowest BCUT2D eigenvalue weighted by Gasteiger charge is -2.34. The van der Waals surface area contributed by atoms with E-state index in [1.165, 1.54) is 23.1 Å². The van der Waals surface area contributed by atoms with Gasteiger partial charge in [-0.3, -0.25) is 4.79 Å². The van der Waals surface area contributed by atoms with E-state index in [-0.39, 0.29) is 18.2 Å². The van der Waals surface area contributed by atoms with Gasteiger partial charge in [-0.25, -0.2) is 8.78 Å². The van der Waals surface area contributed by atoms with Gasteiger partial charge in [0.1, 0.15) is 11.6 Å². The Hall–Kier alpha value is -2.42. The molecule has 2 aromatic carbocycles. The number of amides is 1. The number of allylic oxidation sites excluding steroid dienone is 1. The maximum absolute atomic E-state index is 14.0. The van der Waals surface area contributed by atoms with E-state index in [0.717, 1.165) is 6.07 Å². The van der Waals surface area contributed by atoms with Crippen LogP contribution in [0.3, 0.4) is 0 Å². The van der Waals surface area contributed by atoms with Crippen LogP contribution in [0.1, 0.15) is 24.0 Å². The molecule has 1 unspecified atom stereocenters. The Balaban J connectivity index is 1.84. The summed E-state index contributed by atoms with van der Waals surface area (Å²) in [6.07, 6.45) is 4.15. The lowest BCUT2D eigenvalue weighted by Crippen LogP contribution is -2.41. The van der Waals surface area contributed by atoms with Gasteiger partial charge in [0.25, 0.3) is 0 Å². The molecule has 1 atom stereocenters. The van der Waals surface area contributed by atoms with Crippen LogP contribution >= 0.6 is 23.2 Å². The first-order valence-electron chi connectivity index (χ1n) is 8.68. The van der Waals surface area contributed by atoms with Gasteiger partial charge in [-0.2, -0.15) is 5.26 Å². The van der Waals surface area contributed by atoms with E-state index in [0.29, 0.717) is 46.2 Å². The molecule has 0 saturated carbocycles. The van der Waals surface area contributed by atoms with Gasteiger partial charge < -0.3 is 4.90 Å². The topological polar surface area (TPSA) is 44.1 Å². The number of halogens is 4. The number of benzene rings is 2. The summed E-state index contributed by atoms with van der Waals surface area (Å²) in [5.41, 5.74) is 1.47. The fraction of sp³-hybridized carbons (Fsp3) is 0.238. The predicted molar refractivity (Wildman–Crippen MR) is 106 cm³/mol. The molecule has 2 aromatic rings. The molecule has 0 bridgehead atoms. The predicted octanol–water partition coefficient (Wildman–Crippen LogP) is 5.79. The summed E-state index contributed by atoms with van der Waals surface area (Å²) < 4.78 is 27.1. The van der Waals surface area contributed by atoms with E-state index in [1.807, 2.05) is 6.07 Å². The maximum Gasteiger partial charge on any atom is 0.227 e.